The molecule has 2 aromatic carbocycles. The van der Waals surface area contributed by atoms with Crippen LogP contribution in [0.3, 0.4) is 0 Å². The van der Waals surface area contributed by atoms with Gasteiger partial charge in [0, 0.05) is 11.4 Å². The van der Waals surface area contributed by atoms with Gasteiger partial charge in [-0.05, 0) is 29.8 Å². The third kappa shape index (κ3) is 4.09. The van der Waals surface area contributed by atoms with Gasteiger partial charge in [0.15, 0.2) is 0 Å². The maximum atomic E-state index is 12.9. The molecule has 1 heterocycles. The maximum Gasteiger partial charge on any atom is 0.257 e. The van der Waals surface area contributed by atoms with Crippen LogP contribution in [-0.4, -0.2) is 40.3 Å². The van der Waals surface area contributed by atoms with Crippen LogP contribution in [0.15, 0.2) is 59.1 Å². The molecule has 1 aliphatic rings. The largest absolute Gasteiger partial charge is 0.387 e. The van der Waals surface area contributed by atoms with Crippen LogP contribution in [0.4, 0.5) is 5.69 Å². The van der Waals surface area contributed by atoms with E-state index in [0.29, 0.717) is 11.3 Å². The van der Waals surface area contributed by atoms with Gasteiger partial charge in [-0.3, -0.25) is 14.4 Å². The van der Waals surface area contributed by atoms with Gasteiger partial charge in [0.25, 0.3) is 5.91 Å². The van der Waals surface area contributed by atoms with Gasteiger partial charge in [-0.25, -0.2) is 4.90 Å². The summed E-state index contributed by atoms with van der Waals surface area (Å²) in [6, 6.07) is 14.8. The molecule has 0 aliphatic carbocycles. The average molecular weight is 431 g/mol. The fourth-order valence-electron chi connectivity index (χ4n) is 3.16. The molecule has 2 aromatic rings. The van der Waals surface area contributed by atoms with E-state index in [2.05, 4.69) is 15.9 Å². The number of hydrogen-bond donors (Lipinski definition) is 1. The number of hydrogen-bond acceptors (Lipinski definition) is 4. The lowest BCUT2D eigenvalue weighted by Gasteiger charge is -2.28. The number of carbonyl (C=O) groups is 3. The molecule has 0 radical (unpaired) electrons. The monoisotopic (exact) mass is 430 g/mol. The first-order chi connectivity index (χ1) is 12.9. The van der Waals surface area contributed by atoms with Crippen molar-refractivity contribution in [3.8, 4) is 0 Å². The highest BCUT2D eigenvalue weighted by atomic mass is 79.9. The van der Waals surface area contributed by atoms with E-state index in [1.807, 2.05) is 6.07 Å². The SMILES string of the molecule is CC(=O)N(C[C@@H](O)c1ccccc1)[C@H]1CC(=O)N(c2ccc(Br)cc2)C1=O. The summed E-state index contributed by atoms with van der Waals surface area (Å²) in [5.41, 5.74) is 1.10. The zero-order chi connectivity index (χ0) is 19.6. The number of aliphatic hydroxyl groups excluding tert-OH is 1. The minimum Gasteiger partial charge on any atom is -0.387 e. The number of rotatable bonds is 5. The van der Waals surface area contributed by atoms with E-state index in [1.54, 1.807) is 48.5 Å². The molecule has 27 heavy (non-hydrogen) atoms. The summed E-state index contributed by atoms with van der Waals surface area (Å²) in [6.45, 7) is 1.27. The highest BCUT2D eigenvalue weighted by Crippen LogP contribution is 2.28. The Morgan fingerprint density at radius 1 is 1.19 bits per heavy atom. The van der Waals surface area contributed by atoms with Crippen LogP contribution in [0.25, 0.3) is 0 Å². The van der Waals surface area contributed by atoms with Crippen molar-refractivity contribution < 1.29 is 19.5 Å². The fourth-order valence-corrected chi connectivity index (χ4v) is 3.43. The summed E-state index contributed by atoms with van der Waals surface area (Å²) < 4.78 is 0.832. The standard InChI is InChI=1S/C20H19BrN2O4/c1-13(24)22(12-18(25)14-5-3-2-4-6-14)17-11-19(26)23(20(17)27)16-9-7-15(21)8-10-16/h2-10,17-18,25H,11-12H2,1H3/t17-,18+/m0/s1. The molecule has 0 spiro atoms. The Balaban J connectivity index is 1.82. The molecule has 1 fully saturated rings. The molecule has 3 rings (SSSR count). The van der Waals surface area contributed by atoms with Crippen molar-refractivity contribution in [2.75, 3.05) is 11.4 Å². The third-order valence-electron chi connectivity index (χ3n) is 4.54. The van der Waals surface area contributed by atoms with Crippen molar-refractivity contribution in [3.63, 3.8) is 0 Å². The topological polar surface area (TPSA) is 77.9 Å². The molecule has 0 bridgehead atoms. The van der Waals surface area contributed by atoms with E-state index in [0.717, 1.165) is 9.37 Å². The Hall–Kier alpha value is -2.51. The lowest BCUT2D eigenvalue weighted by molar-refractivity contribution is -0.138. The van der Waals surface area contributed by atoms with Gasteiger partial charge in [-0.1, -0.05) is 46.3 Å². The first kappa shape index (κ1) is 19.3. The van der Waals surface area contributed by atoms with Crippen LogP contribution in [0.1, 0.15) is 25.0 Å². The molecule has 1 N–H and O–H groups in total. The van der Waals surface area contributed by atoms with Crippen LogP contribution < -0.4 is 4.90 Å². The number of carbonyl (C=O) groups excluding carboxylic acids is 3. The summed E-state index contributed by atoms with van der Waals surface area (Å²) in [4.78, 5) is 39.9. The second kappa shape index (κ2) is 8.02. The molecule has 2 atom stereocenters. The highest BCUT2D eigenvalue weighted by molar-refractivity contribution is 9.10. The van der Waals surface area contributed by atoms with Gasteiger partial charge >= 0.3 is 0 Å². The average Bonchev–Trinajstić information content (AvgIpc) is 2.95. The van der Waals surface area contributed by atoms with Crippen molar-refractivity contribution in [1.82, 2.24) is 4.90 Å². The molecule has 6 nitrogen and oxygen atoms in total. The molecule has 0 aromatic heterocycles. The second-order valence-electron chi connectivity index (χ2n) is 6.36. The summed E-state index contributed by atoms with van der Waals surface area (Å²) >= 11 is 3.32. The van der Waals surface area contributed by atoms with Crippen molar-refractivity contribution in [2.24, 2.45) is 0 Å². The fraction of sp³-hybridized carbons (Fsp3) is 0.250. The Morgan fingerprint density at radius 2 is 1.81 bits per heavy atom. The molecular weight excluding hydrogens is 412 g/mol. The van der Waals surface area contributed by atoms with Gasteiger partial charge < -0.3 is 10.0 Å². The highest BCUT2D eigenvalue weighted by Gasteiger charge is 2.44. The summed E-state index contributed by atoms with van der Waals surface area (Å²) in [5.74, 6) is -1.20. The van der Waals surface area contributed by atoms with E-state index >= 15 is 0 Å². The molecule has 140 valence electrons. The number of amides is 3. The number of aliphatic hydroxyl groups is 1. The zero-order valence-corrected chi connectivity index (χ0v) is 16.3. The van der Waals surface area contributed by atoms with Crippen LogP contribution in [0.2, 0.25) is 0 Å². The second-order valence-corrected chi connectivity index (χ2v) is 7.28. The van der Waals surface area contributed by atoms with Gasteiger partial charge in [-0.15, -0.1) is 0 Å². The number of halogens is 1. The summed E-state index contributed by atoms with van der Waals surface area (Å²) in [6.07, 6.45) is -1.05. The molecule has 0 unspecified atom stereocenters. The minimum absolute atomic E-state index is 0.0583. The van der Waals surface area contributed by atoms with E-state index in [1.165, 1.54) is 11.8 Å². The molecule has 7 heteroatoms. The Bertz CT molecular complexity index is 854. The number of benzene rings is 2. The molecule has 0 saturated carbocycles. The first-order valence-electron chi connectivity index (χ1n) is 8.51. The Labute approximate surface area is 165 Å². The molecule has 3 amide bonds. The van der Waals surface area contributed by atoms with Crippen molar-refractivity contribution in [2.45, 2.75) is 25.5 Å². The Kier molecular flexibility index (Phi) is 5.72. The van der Waals surface area contributed by atoms with Crippen LogP contribution in [0, 0.1) is 0 Å². The number of imide groups is 1. The van der Waals surface area contributed by atoms with E-state index in [-0.39, 0.29) is 24.8 Å². The van der Waals surface area contributed by atoms with Crippen molar-refractivity contribution >= 4 is 39.3 Å². The zero-order valence-electron chi connectivity index (χ0n) is 14.7. The smallest absolute Gasteiger partial charge is 0.257 e. The lowest BCUT2D eigenvalue weighted by Crippen LogP contribution is -2.46. The van der Waals surface area contributed by atoms with E-state index in [4.69, 9.17) is 0 Å². The van der Waals surface area contributed by atoms with E-state index in [9.17, 15) is 19.5 Å². The summed E-state index contributed by atoms with van der Waals surface area (Å²) in [7, 11) is 0. The van der Waals surface area contributed by atoms with Crippen molar-refractivity contribution in [1.29, 1.82) is 0 Å². The quantitative estimate of drug-likeness (QED) is 0.739. The van der Waals surface area contributed by atoms with Gasteiger partial charge in [0.2, 0.25) is 11.8 Å². The molecular formula is C20H19BrN2O4. The van der Waals surface area contributed by atoms with Gasteiger partial charge in [-0.2, -0.15) is 0 Å². The van der Waals surface area contributed by atoms with Crippen molar-refractivity contribution in [3.05, 3.63) is 64.6 Å². The number of anilines is 1. The molecule has 1 saturated heterocycles. The maximum absolute atomic E-state index is 12.9. The predicted octanol–water partition coefficient (Wildman–Crippen LogP) is 2.66. The van der Waals surface area contributed by atoms with Gasteiger partial charge in [0.05, 0.1) is 24.8 Å². The van der Waals surface area contributed by atoms with Gasteiger partial charge in [0.1, 0.15) is 6.04 Å². The minimum atomic E-state index is -0.945. The Morgan fingerprint density at radius 3 is 2.41 bits per heavy atom. The predicted molar refractivity (Wildman–Crippen MR) is 104 cm³/mol. The van der Waals surface area contributed by atoms with Crippen LogP contribution >= 0.6 is 15.9 Å². The molecule has 1 aliphatic heterocycles. The normalized spacial score (nSPS) is 17.9. The summed E-state index contributed by atoms with van der Waals surface area (Å²) in [5, 5.41) is 10.5. The van der Waals surface area contributed by atoms with Crippen LogP contribution in [0.5, 0.6) is 0 Å². The first-order valence-corrected chi connectivity index (χ1v) is 9.30. The van der Waals surface area contributed by atoms with Crippen LogP contribution in [-0.2, 0) is 14.4 Å². The number of nitrogens with zero attached hydrogens (tertiary/aromatic N) is 2. The third-order valence-corrected chi connectivity index (χ3v) is 5.07. The lowest BCUT2D eigenvalue weighted by atomic mass is 10.1. The van der Waals surface area contributed by atoms with E-state index < -0.39 is 18.1 Å².